The first-order valence-corrected chi connectivity index (χ1v) is 10.6. The van der Waals surface area contributed by atoms with Crippen LogP contribution in [0.15, 0.2) is 91.1 Å². The highest BCUT2D eigenvalue weighted by Gasteiger charge is 2.19. The summed E-state index contributed by atoms with van der Waals surface area (Å²) in [5.41, 5.74) is 4.39. The molecule has 0 aliphatic heterocycles. The number of carboxylic acids is 1. The summed E-state index contributed by atoms with van der Waals surface area (Å²) in [5.74, 6) is -0.377. The van der Waals surface area contributed by atoms with Crippen molar-refractivity contribution in [3.8, 4) is 5.75 Å². The molecule has 0 radical (unpaired) electrons. The van der Waals surface area contributed by atoms with E-state index in [-0.39, 0.29) is 12.5 Å². The molecule has 1 N–H and O–H groups in total. The van der Waals surface area contributed by atoms with Gasteiger partial charge in [0.05, 0.1) is 11.6 Å². The molecule has 162 valence electrons. The van der Waals surface area contributed by atoms with Crippen LogP contribution in [0.3, 0.4) is 0 Å². The maximum absolute atomic E-state index is 10.7. The van der Waals surface area contributed by atoms with Gasteiger partial charge in [-0.25, -0.2) is 4.79 Å². The Kier molecular flexibility index (Phi) is 6.92. The second kappa shape index (κ2) is 10.4. The monoisotopic (exact) mass is 427 g/mol. The fraction of sp³-hybridized carbons (Fsp3) is 0.192. The maximum Gasteiger partial charge on any atom is 0.341 e. The Morgan fingerprint density at radius 2 is 1.62 bits per heavy atom. The summed E-state index contributed by atoms with van der Waals surface area (Å²) in [6, 6.07) is 28.3. The zero-order valence-electron chi connectivity index (χ0n) is 17.7. The molecule has 32 heavy (non-hydrogen) atoms. The van der Waals surface area contributed by atoms with Crippen molar-refractivity contribution in [2.45, 2.75) is 25.3 Å². The van der Waals surface area contributed by atoms with Crippen LogP contribution in [0.2, 0.25) is 0 Å². The fourth-order valence-electron chi connectivity index (χ4n) is 3.76. The summed E-state index contributed by atoms with van der Waals surface area (Å²) in [6.07, 6.45) is 3.74. The predicted octanol–water partition coefficient (Wildman–Crippen LogP) is 4.55. The molecule has 0 bridgehead atoms. The molecule has 0 spiro atoms. The zero-order chi connectivity index (χ0) is 22.2. The molecule has 0 saturated heterocycles. The first-order valence-electron chi connectivity index (χ1n) is 10.6. The number of nitrogens with zero attached hydrogens (tertiary/aromatic N) is 3. The lowest BCUT2D eigenvalue weighted by Crippen LogP contribution is -2.09. The van der Waals surface area contributed by atoms with Crippen LogP contribution in [0, 0.1) is 0 Å². The standard InChI is InChI=1S/C26H25N3O3/c30-25(31)19-32-23-15-7-9-20(17-23)10-8-16-29-18-24(27-28-29)26(21-11-3-1-4-12-21)22-13-5-2-6-14-22/h1-7,9,11-15,17-18,26H,8,10,16,19H2,(H,30,31). The number of benzene rings is 3. The van der Waals surface area contributed by atoms with E-state index < -0.39 is 5.97 Å². The van der Waals surface area contributed by atoms with Crippen LogP contribution in [0.5, 0.6) is 5.75 Å². The molecule has 1 heterocycles. The first kappa shape index (κ1) is 21.3. The summed E-state index contributed by atoms with van der Waals surface area (Å²) in [5, 5.41) is 17.6. The molecular weight excluding hydrogens is 402 g/mol. The minimum Gasteiger partial charge on any atom is -0.482 e. The average Bonchev–Trinajstić information content (AvgIpc) is 3.28. The molecule has 0 atom stereocenters. The van der Waals surface area contributed by atoms with Gasteiger partial charge in [-0.3, -0.25) is 4.68 Å². The number of aryl methyl sites for hydroxylation is 2. The number of hydrogen-bond donors (Lipinski definition) is 1. The van der Waals surface area contributed by atoms with E-state index in [1.165, 1.54) is 11.1 Å². The fourth-order valence-corrected chi connectivity index (χ4v) is 3.76. The summed E-state index contributed by atoms with van der Waals surface area (Å²) >= 11 is 0. The third-order valence-electron chi connectivity index (χ3n) is 5.23. The van der Waals surface area contributed by atoms with Gasteiger partial charge in [0.1, 0.15) is 5.75 Å². The van der Waals surface area contributed by atoms with Gasteiger partial charge in [0, 0.05) is 12.7 Å². The van der Waals surface area contributed by atoms with Gasteiger partial charge >= 0.3 is 5.97 Å². The van der Waals surface area contributed by atoms with E-state index in [0.29, 0.717) is 5.75 Å². The topological polar surface area (TPSA) is 77.2 Å². The van der Waals surface area contributed by atoms with Crippen molar-refractivity contribution in [2.75, 3.05) is 6.61 Å². The minimum absolute atomic E-state index is 0.0363. The smallest absolute Gasteiger partial charge is 0.341 e. The highest BCUT2D eigenvalue weighted by atomic mass is 16.5. The third-order valence-corrected chi connectivity index (χ3v) is 5.23. The molecule has 4 rings (SSSR count). The molecule has 4 aromatic rings. The highest BCUT2D eigenvalue weighted by Crippen LogP contribution is 2.30. The Morgan fingerprint density at radius 3 is 2.28 bits per heavy atom. The Balaban J connectivity index is 1.42. The van der Waals surface area contributed by atoms with Crippen molar-refractivity contribution in [3.63, 3.8) is 0 Å². The minimum atomic E-state index is -0.985. The predicted molar refractivity (Wildman–Crippen MR) is 122 cm³/mol. The van der Waals surface area contributed by atoms with E-state index >= 15 is 0 Å². The largest absolute Gasteiger partial charge is 0.482 e. The summed E-state index contributed by atoms with van der Waals surface area (Å²) in [7, 11) is 0. The lowest BCUT2D eigenvalue weighted by molar-refractivity contribution is -0.139. The zero-order valence-corrected chi connectivity index (χ0v) is 17.7. The number of carboxylic acid groups (broad SMARTS) is 1. The summed E-state index contributed by atoms with van der Waals surface area (Å²) in [6.45, 7) is 0.401. The Hall–Kier alpha value is -3.93. The van der Waals surface area contributed by atoms with E-state index in [1.54, 1.807) is 6.07 Å². The number of carbonyl (C=O) groups is 1. The van der Waals surface area contributed by atoms with Gasteiger partial charge in [0.15, 0.2) is 6.61 Å². The molecule has 3 aromatic carbocycles. The molecule has 0 amide bonds. The van der Waals surface area contributed by atoms with Gasteiger partial charge in [0.25, 0.3) is 0 Å². The lowest BCUT2D eigenvalue weighted by atomic mass is 9.89. The van der Waals surface area contributed by atoms with Gasteiger partial charge in [-0.15, -0.1) is 5.10 Å². The molecule has 0 saturated carbocycles. The Morgan fingerprint density at radius 1 is 0.938 bits per heavy atom. The van der Waals surface area contributed by atoms with Crippen molar-refractivity contribution >= 4 is 5.97 Å². The third kappa shape index (κ3) is 5.60. The quantitative estimate of drug-likeness (QED) is 0.402. The molecule has 0 fully saturated rings. The van der Waals surface area contributed by atoms with Crippen molar-refractivity contribution in [1.82, 2.24) is 15.0 Å². The maximum atomic E-state index is 10.7. The van der Waals surface area contributed by atoms with E-state index in [2.05, 4.69) is 34.6 Å². The van der Waals surface area contributed by atoms with Gasteiger partial charge in [-0.05, 0) is 41.7 Å². The molecule has 6 nitrogen and oxygen atoms in total. The van der Waals surface area contributed by atoms with Gasteiger partial charge < -0.3 is 9.84 Å². The van der Waals surface area contributed by atoms with Crippen LogP contribution in [-0.4, -0.2) is 32.7 Å². The Bertz CT molecular complexity index is 1100. The number of rotatable bonds is 10. The molecule has 0 aliphatic rings. The Labute approximate surface area is 187 Å². The normalized spacial score (nSPS) is 10.9. The van der Waals surface area contributed by atoms with Gasteiger partial charge in [-0.2, -0.15) is 0 Å². The SMILES string of the molecule is O=C(O)COc1cccc(CCCn2cc(C(c3ccccc3)c3ccccc3)nn2)c1. The van der Waals surface area contributed by atoms with Gasteiger partial charge in [-0.1, -0.05) is 78.0 Å². The van der Waals surface area contributed by atoms with Crippen molar-refractivity contribution in [2.24, 2.45) is 0 Å². The molecular formula is C26H25N3O3. The van der Waals surface area contributed by atoms with Crippen LogP contribution >= 0.6 is 0 Å². The summed E-state index contributed by atoms with van der Waals surface area (Å²) in [4.78, 5) is 10.7. The van der Waals surface area contributed by atoms with E-state index in [1.807, 2.05) is 65.5 Å². The van der Waals surface area contributed by atoms with Crippen molar-refractivity contribution in [3.05, 3.63) is 114 Å². The van der Waals surface area contributed by atoms with E-state index in [0.717, 1.165) is 30.6 Å². The molecule has 0 aliphatic carbocycles. The van der Waals surface area contributed by atoms with Crippen molar-refractivity contribution < 1.29 is 14.6 Å². The van der Waals surface area contributed by atoms with Crippen LogP contribution in [0.25, 0.3) is 0 Å². The lowest BCUT2D eigenvalue weighted by Gasteiger charge is -2.15. The van der Waals surface area contributed by atoms with Crippen molar-refractivity contribution in [1.29, 1.82) is 0 Å². The number of hydrogen-bond acceptors (Lipinski definition) is 4. The number of aromatic nitrogens is 3. The van der Waals surface area contributed by atoms with Crippen LogP contribution < -0.4 is 4.74 Å². The van der Waals surface area contributed by atoms with Gasteiger partial charge in [0.2, 0.25) is 0 Å². The van der Waals surface area contributed by atoms with E-state index in [9.17, 15) is 4.79 Å². The number of ether oxygens (including phenoxy) is 1. The summed E-state index contributed by atoms with van der Waals surface area (Å²) < 4.78 is 7.15. The highest BCUT2D eigenvalue weighted by molar-refractivity contribution is 5.68. The molecule has 0 unspecified atom stereocenters. The van der Waals surface area contributed by atoms with Crippen LogP contribution in [0.1, 0.15) is 34.7 Å². The second-order valence-corrected chi connectivity index (χ2v) is 7.59. The van der Waals surface area contributed by atoms with Crippen LogP contribution in [-0.2, 0) is 17.8 Å². The number of aliphatic carboxylic acids is 1. The van der Waals surface area contributed by atoms with Crippen LogP contribution in [0.4, 0.5) is 0 Å². The second-order valence-electron chi connectivity index (χ2n) is 7.59. The van der Waals surface area contributed by atoms with E-state index in [4.69, 9.17) is 9.84 Å². The average molecular weight is 428 g/mol. The first-order chi connectivity index (χ1) is 15.7. The molecule has 6 heteroatoms. The molecule has 1 aromatic heterocycles.